The Morgan fingerprint density at radius 2 is 1.53 bits per heavy atom. The van der Waals surface area contributed by atoms with Crippen LogP contribution in [0, 0.1) is 6.42 Å². The SMILES string of the molecule is C=CC[CH]c1ccc(Oc2ccccc2)cc1. The van der Waals surface area contributed by atoms with Gasteiger partial charge in [0.05, 0.1) is 0 Å². The van der Waals surface area contributed by atoms with Gasteiger partial charge in [-0.2, -0.15) is 0 Å². The third-order valence-electron chi connectivity index (χ3n) is 2.38. The van der Waals surface area contributed by atoms with Gasteiger partial charge in [-0.1, -0.05) is 36.4 Å². The molecule has 0 unspecified atom stereocenters. The standard InChI is InChI=1S/C16H15O/c1-2-3-7-14-10-12-16(13-11-14)17-15-8-5-4-6-9-15/h2,4-13H,1,3H2. The first-order valence-corrected chi connectivity index (χ1v) is 5.65. The molecule has 0 aliphatic rings. The van der Waals surface area contributed by atoms with Crippen molar-refractivity contribution >= 4 is 0 Å². The van der Waals surface area contributed by atoms with Crippen molar-refractivity contribution in [2.45, 2.75) is 6.42 Å². The van der Waals surface area contributed by atoms with E-state index in [-0.39, 0.29) is 0 Å². The summed E-state index contributed by atoms with van der Waals surface area (Å²) >= 11 is 0. The predicted octanol–water partition coefficient (Wildman–Crippen LogP) is 4.61. The van der Waals surface area contributed by atoms with Crippen molar-refractivity contribution in [2.24, 2.45) is 0 Å². The van der Waals surface area contributed by atoms with Gasteiger partial charge in [0, 0.05) is 0 Å². The molecule has 0 fully saturated rings. The van der Waals surface area contributed by atoms with Gasteiger partial charge in [-0.05, 0) is 42.7 Å². The summed E-state index contributed by atoms with van der Waals surface area (Å²) in [6.45, 7) is 3.69. The minimum atomic E-state index is 0.854. The highest BCUT2D eigenvalue weighted by Crippen LogP contribution is 2.21. The molecule has 0 aliphatic carbocycles. The number of benzene rings is 2. The molecule has 0 spiro atoms. The zero-order chi connectivity index (χ0) is 11.9. The molecule has 1 heteroatoms. The summed E-state index contributed by atoms with van der Waals surface area (Å²) in [7, 11) is 0. The van der Waals surface area contributed by atoms with E-state index in [1.807, 2.05) is 60.7 Å². The van der Waals surface area contributed by atoms with Crippen LogP contribution in [-0.4, -0.2) is 0 Å². The second-order valence-corrected chi connectivity index (χ2v) is 3.71. The first kappa shape index (κ1) is 11.5. The van der Waals surface area contributed by atoms with Crippen molar-refractivity contribution in [3.63, 3.8) is 0 Å². The lowest BCUT2D eigenvalue weighted by atomic mass is 10.1. The van der Waals surface area contributed by atoms with Crippen molar-refractivity contribution in [1.29, 1.82) is 0 Å². The van der Waals surface area contributed by atoms with Crippen molar-refractivity contribution in [2.75, 3.05) is 0 Å². The molecule has 0 atom stereocenters. The summed E-state index contributed by atoms with van der Waals surface area (Å²) in [4.78, 5) is 0. The predicted molar refractivity (Wildman–Crippen MR) is 71.2 cm³/mol. The molecule has 2 aromatic carbocycles. The Bertz CT molecular complexity index is 457. The Labute approximate surface area is 102 Å². The number of para-hydroxylation sites is 1. The number of ether oxygens (including phenoxy) is 1. The quantitative estimate of drug-likeness (QED) is 0.673. The van der Waals surface area contributed by atoms with Crippen LogP contribution >= 0.6 is 0 Å². The average Bonchev–Trinajstić information content (AvgIpc) is 2.39. The molecular weight excluding hydrogens is 208 g/mol. The van der Waals surface area contributed by atoms with Crippen LogP contribution in [0.1, 0.15) is 12.0 Å². The lowest BCUT2D eigenvalue weighted by Crippen LogP contribution is -1.85. The van der Waals surface area contributed by atoms with Crippen molar-refractivity contribution < 1.29 is 4.74 Å². The molecule has 85 valence electrons. The van der Waals surface area contributed by atoms with Crippen LogP contribution in [0.15, 0.2) is 67.3 Å². The summed E-state index contributed by atoms with van der Waals surface area (Å²) < 4.78 is 5.70. The minimum absolute atomic E-state index is 0.854. The minimum Gasteiger partial charge on any atom is -0.457 e. The van der Waals surface area contributed by atoms with Crippen LogP contribution in [0.2, 0.25) is 0 Å². The molecule has 0 saturated heterocycles. The molecule has 2 aromatic rings. The van der Waals surface area contributed by atoms with Gasteiger partial charge in [0.25, 0.3) is 0 Å². The third kappa shape index (κ3) is 3.49. The first-order valence-electron chi connectivity index (χ1n) is 5.65. The summed E-state index contributed by atoms with van der Waals surface area (Å²) in [5.74, 6) is 1.71. The summed E-state index contributed by atoms with van der Waals surface area (Å²) in [6, 6.07) is 17.8. The first-order chi connectivity index (χ1) is 8.38. The van der Waals surface area contributed by atoms with Crippen LogP contribution in [0.5, 0.6) is 11.5 Å². The summed E-state index contributed by atoms with van der Waals surface area (Å²) in [5.41, 5.74) is 1.19. The topological polar surface area (TPSA) is 9.23 Å². The zero-order valence-electron chi connectivity index (χ0n) is 9.67. The highest BCUT2D eigenvalue weighted by atomic mass is 16.5. The number of rotatable bonds is 5. The Morgan fingerprint density at radius 3 is 2.18 bits per heavy atom. The van der Waals surface area contributed by atoms with Crippen LogP contribution < -0.4 is 4.74 Å². The molecule has 17 heavy (non-hydrogen) atoms. The molecule has 0 heterocycles. The third-order valence-corrected chi connectivity index (χ3v) is 2.38. The van der Waals surface area contributed by atoms with Gasteiger partial charge in [0.15, 0.2) is 0 Å². The highest BCUT2D eigenvalue weighted by Gasteiger charge is 1.97. The number of hydrogen-bond donors (Lipinski definition) is 0. The van der Waals surface area contributed by atoms with E-state index >= 15 is 0 Å². The van der Waals surface area contributed by atoms with E-state index in [1.54, 1.807) is 0 Å². The zero-order valence-corrected chi connectivity index (χ0v) is 9.67. The van der Waals surface area contributed by atoms with Crippen LogP contribution in [0.25, 0.3) is 0 Å². The second kappa shape index (κ2) is 5.90. The van der Waals surface area contributed by atoms with E-state index in [0.717, 1.165) is 17.9 Å². The Balaban J connectivity index is 2.01. The van der Waals surface area contributed by atoms with Gasteiger partial charge in [0.1, 0.15) is 11.5 Å². The van der Waals surface area contributed by atoms with Crippen molar-refractivity contribution in [1.82, 2.24) is 0 Å². The average molecular weight is 223 g/mol. The van der Waals surface area contributed by atoms with E-state index in [9.17, 15) is 0 Å². The van der Waals surface area contributed by atoms with Gasteiger partial charge in [-0.3, -0.25) is 0 Å². The van der Waals surface area contributed by atoms with E-state index in [4.69, 9.17) is 4.74 Å². The smallest absolute Gasteiger partial charge is 0.127 e. The molecule has 0 saturated carbocycles. The Morgan fingerprint density at radius 1 is 0.882 bits per heavy atom. The molecular formula is C16H15O. The molecule has 0 aromatic heterocycles. The molecule has 2 rings (SSSR count). The van der Waals surface area contributed by atoms with Crippen molar-refractivity contribution in [3.8, 4) is 11.5 Å². The molecule has 0 bridgehead atoms. The lowest BCUT2D eigenvalue weighted by Gasteiger charge is -2.06. The van der Waals surface area contributed by atoms with Crippen LogP contribution in [-0.2, 0) is 0 Å². The maximum Gasteiger partial charge on any atom is 0.127 e. The van der Waals surface area contributed by atoms with E-state index in [2.05, 4.69) is 13.0 Å². The lowest BCUT2D eigenvalue weighted by molar-refractivity contribution is 0.482. The normalized spacial score (nSPS) is 9.88. The number of allylic oxidation sites excluding steroid dienone is 1. The van der Waals surface area contributed by atoms with Gasteiger partial charge in [0.2, 0.25) is 0 Å². The fourth-order valence-electron chi connectivity index (χ4n) is 1.52. The molecule has 1 radical (unpaired) electrons. The molecule has 0 N–H and O–H groups in total. The fourth-order valence-corrected chi connectivity index (χ4v) is 1.52. The fraction of sp³-hybridized carbons (Fsp3) is 0.0625. The largest absolute Gasteiger partial charge is 0.457 e. The number of hydrogen-bond acceptors (Lipinski definition) is 1. The van der Waals surface area contributed by atoms with E-state index in [0.29, 0.717) is 0 Å². The van der Waals surface area contributed by atoms with Crippen LogP contribution in [0.4, 0.5) is 0 Å². The maximum atomic E-state index is 5.70. The van der Waals surface area contributed by atoms with Crippen molar-refractivity contribution in [3.05, 3.63) is 79.2 Å². The second-order valence-electron chi connectivity index (χ2n) is 3.71. The molecule has 0 aliphatic heterocycles. The van der Waals surface area contributed by atoms with E-state index < -0.39 is 0 Å². The Kier molecular flexibility index (Phi) is 3.98. The van der Waals surface area contributed by atoms with Gasteiger partial charge >= 0.3 is 0 Å². The molecule has 1 nitrogen and oxygen atoms in total. The highest BCUT2D eigenvalue weighted by molar-refractivity contribution is 5.35. The maximum absolute atomic E-state index is 5.70. The van der Waals surface area contributed by atoms with E-state index in [1.165, 1.54) is 5.56 Å². The van der Waals surface area contributed by atoms with Gasteiger partial charge < -0.3 is 4.74 Å². The summed E-state index contributed by atoms with van der Waals surface area (Å²) in [5, 5.41) is 0. The Hall–Kier alpha value is -2.02. The van der Waals surface area contributed by atoms with Crippen LogP contribution in [0.3, 0.4) is 0 Å². The van der Waals surface area contributed by atoms with Gasteiger partial charge in [-0.25, -0.2) is 0 Å². The summed E-state index contributed by atoms with van der Waals surface area (Å²) in [6.07, 6.45) is 4.90. The monoisotopic (exact) mass is 223 g/mol. The molecule has 0 amide bonds. The van der Waals surface area contributed by atoms with Gasteiger partial charge in [-0.15, -0.1) is 6.58 Å².